The summed E-state index contributed by atoms with van der Waals surface area (Å²) < 4.78 is 5.67. The third-order valence-corrected chi connectivity index (χ3v) is 3.77. The van der Waals surface area contributed by atoms with Crippen LogP contribution in [0.4, 0.5) is 10.5 Å². The fourth-order valence-corrected chi connectivity index (χ4v) is 2.51. The Balaban J connectivity index is 1.75. The molecule has 0 saturated carbocycles. The zero-order valence-electron chi connectivity index (χ0n) is 13.4. The first-order chi connectivity index (χ1) is 11.0. The van der Waals surface area contributed by atoms with Crippen LogP contribution in [0, 0.1) is 0 Å². The molecule has 2 N–H and O–H groups in total. The molecular weight excluding hydrogens is 296 g/mol. The van der Waals surface area contributed by atoms with Gasteiger partial charge < -0.3 is 15.1 Å². The summed E-state index contributed by atoms with van der Waals surface area (Å²) in [4.78, 5) is 29.5. The zero-order valence-corrected chi connectivity index (χ0v) is 13.4. The van der Waals surface area contributed by atoms with E-state index in [-0.39, 0.29) is 17.9 Å². The van der Waals surface area contributed by atoms with Crippen LogP contribution in [-0.2, 0) is 4.79 Å². The number of benzene rings is 1. The second kappa shape index (κ2) is 5.91. The number of nitrogens with one attached hydrogen (secondary N) is 2. The van der Waals surface area contributed by atoms with Gasteiger partial charge in [0.2, 0.25) is 0 Å². The Kier molecular flexibility index (Phi) is 3.94. The molecule has 2 heterocycles. The lowest BCUT2D eigenvalue weighted by Crippen LogP contribution is -2.43. The monoisotopic (exact) mass is 316 g/mol. The number of urea groups is 1. The third kappa shape index (κ3) is 2.99. The average molecular weight is 316 g/mol. The summed E-state index contributed by atoms with van der Waals surface area (Å²) in [5.41, 5.74) is 2.23. The molecule has 7 nitrogen and oxygen atoms in total. The van der Waals surface area contributed by atoms with E-state index in [1.807, 2.05) is 32.0 Å². The van der Waals surface area contributed by atoms with E-state index in [0.29, 0.717) is 19.0 Å². The number of nitrogens with zero attached hydrogens (tertiary/aromatic N) is 2. The highest BCUT2D eigenvalue weighted by molar-refractivity contribution is 5.99. The number of fused-ring (bicyclic) bond motifs is 1. The highest BCUT2D eigenvalue weighted by Crippen LogP contribution is 2.24. The van der Waals surface area contributed by atoms with Crippen molar-refractivity contribution in [2.45, 2.75) is 32.7 Å². The molecule has 0 spiro atoms. The number of amides is 3. The summed E-state index contributed by atoms with van der Waals surface area (Å²) in [6.45, 7) is 6.68. The van der Waals surface area contributed by atoms with Gasteiger partial charge in [-0.1, -0.05) is 13.8 Å². The van der Waals surface area contributed by atoms with Crippen molar-refractivity contribution < 1.29 is 14.0 Å². The number of imide groups is 1. The summed E-state index contributed by atoms with van der Waals surface area (Å²) in [6, 6.07) is 4.67. The van der Waals surface area contributed by atoms with Gasteiger partial charge in [0.05, 0.1) is 0 Å². The fraction of sp³-hybridized carbons (Fsp3) is 0.438. The molecule has 3 rings (SSSR count). The molecule has 7 heteroatoms. The smallest absolute Gasteiger partial charge is 0.324 e. The molecule has 0 bridgehead atoms. The number of aromatic nitrogens is 1. The Morgan fingerprint density at radius 2 is 2.17 bits per heavy atom. The van der Waals surface area contributed by atoms with Crippen molar-refractivity contribution in [2.75, 3.05) is 18.4 Å². The van der Waals surface area contributed by atoms with Crippen molar-refractivity contribution in [1.29, 1.82) is 0 Å². The quantitative estimate of drug-likeness (QED) is 0.903. The number of hydrogen-bond donors (Lipinski definition) is 2. The fourth-order valence-electron chi connectivity index (χ4n) is 2.51. The molecule has 122 valence electrons. The summed E-state index contributed by atoms with van der Waals surface area (Å²) in [6.07, 6.45) is 0. The van der Waals surface area contributed by atoms with E-state index in [4.69, 9.17) is 4.42 Å². The molecule has 2 aromatic rings. The molecule has 1 aliphatic heterocycles. The summed E-state index contributed by atoms with van der Waals surface area (Å²) in [7, 11) is 0. The van der Waals surface area contributed by atoms with Crippen LogP contribution in [0.15, 0.2) is 22.6 Å². The highest BCUT2D eigenvalue weighted by atomic mass is 16.3. The lowest BCUT2D eigenvalue weighted by molar-refractivity contribution is -0.128. The molecular formula is C16H20N4O3. The molecule has 1 atom stereocenters. The molecule has 1 aromatic heterocycles. The maximum absolute atomic E-state index is 12.3. The normalized spacial score (nSPS) is 16.0. The molecule has 23 heavy (non-hydrogen) atoms. The number of oxazole rings is 1. The molecule has 1 aliphatic rings. The number of rotatable bonds is 4. The second-order valence-electron chi connectivity index (χ2n) is 5.98. The minimum atomic E-state index is -0.507. The predicted molar refractivity (Wildman–Crippen MR) is 86.3 cm³/mol. The number of carbonyl (C=O) groups excluding carboxylic acids is 2. The maximum Gasteiger partial charge on any atom is 0.324 e. The Bertz CT molecular complexity index is 753. The zero-order chi connectivity index (χ0) is 16.6. The van der Waals surface area contributed by atoms with Gasteiger partial charge >= 0.3 is 6.03 Å². The maximum atomic E-state index is 12.3. The van der Waals surface area contributed by atoms with Crippen LogP contribution in [0.25, 0.3) is 11.1 Å². The van der Waals surface area contributed by atoms with Crippen molar-refractivity contribution in [1.82, 2.24) is 15.2 Å². The van der Waals surface area contributed by atoms with Gasteiger partial charge in [0.25, 0.3) is 5.91 Å². The van der Waals surface area contributed by atoms with E-state index in [9.17, 15) is 9.59 Å². The molecule has 1 unspecified atom stereocenters. The summed E-state index contributed by atoms with van der Waals surface area (Å²) >= 11 is 0. The van der Waals surface area contributed by atoms with Crippen molar-refractivity contribution in [3.8, 4) is 0 Å². The molecule has 0 aliphatic carbocycles. The van der Waals surface area contributed by atoms with E-state index in [0.717, 1.165) is 16.8 Å². The molecule has 1 fully saturated rings. The highest BCUT2D eigenvalue weighted by Gasteiger charge is 2.29. The second-order valence-corrected chi connectivity index (χ2v) is 5.98. The molecule has 3 amide bonds. The average Bonchev–Trinajstić information content (AvgIpc) is 3.12. The van der Waals surface area contributed by atoms with E-state index in [2.05, 4.69) is 15.6 Å². The minimum absolute atomic E-state index is 0.216. The van der Waals surface area contributed by atoms with E-state index >= 15 is 0 Å². The summed E-state index contributed by atoms with van der Waals surface area (Å²) in [5, 5.41) is 5.74. The lowest BCUT2D eigenvalue weighted by Gasteiger charge is -2.19. The Morgan fingerprint density at radius 3 is 2.83 bits per heavy atom. The summed E-state index contributed by atoms with van der Waals surface area (Å²) in [5.74, 6) is 0.658. The van der Waals surface area contributed by atoms with Gasteiger partial charge in [0, 0.05) is 24.7 Å². The number of carbonyl (C=O) groups is 2. The van der Waals surface area contributed by atoms with Crippen LogP contribution in [0.3, 0.4) is 0 Å². The topological polar surface area (TPSA) is 87.5 Å². The van der Waals surface area contributed by atoms with E-state index in [1.54, 1.807) is 6.92 Å². The SMILES string of the molecule is CC(Nc1ccc2oc(C(C)C)nc2c1)C(=O)N1CCNC1=O. The van der Waals surface area contributed by atoms with Gasteiger partial charge in [-0.3, -0.25) is 9.69 Å². The lowest BCUT2D eigenvalue weighted by atomic mass is 10.2. The van der Waals surface area contributed by atoms with Crippen molar-refractivity contribution in [3.05, 3.63) is 24.1 Å². The van der Waals surface area contributed by atoms with Crippen LogP contribution < -0.4 is 10.6 Å². The Morgan fingerprint density at radius 1 is 1.39 bits per heavy atom. The van der Waals surface area contributed by atoms with Crippen LogP contribution in [0.2, 0.25) is 0 Å². The van der Waals surface area contributed by atoms with E-state index in [1.165, 1.54) is 4.90 Å². The Labute approximate surface area is 134 Å². The van der Waals surface area contributed by atoms with Crippen molar-refractivity contribution in [3.63, 3.8) is 0 Å². The van der Waals surface area contributed by atoms with E-state index < -0.39 is 6.04 Å². The first-order valence-electron chi connectivity index (χ1n) is 7.72. The molecule has 1 saturated heterocycles. The van der Waals surface area contributed by atoms with Gasteiger partial charge in [0.1, 0.15) is 11.6 Å². The Hall–Kier alpha value is -2.57. The van der Waals surface area contributed by atoms with Crippen molar-refractivity contribution >= 4 is 28.7 Å². The van der Waals surface area contributed by atoms with Crippen LogP contribution >= 0.6 is 0 Å². The predicted octanol–water partition coefficient (Wildman–Crippen LogP) is 2.30. The first-order valence-corrected chi connectivity index (χ1v) is 7.72. The van der Waals surface area contributed by atoms with Gasteiger partial charge in [-0.2, -0.15) is 0 Å². The first kappa shape index (κ1) is 15.3. The van der Waals surface area contributed by atoms with Crippen LogP contribution in [0.5, 0.6) is 0 Å². The number of hydrogen-bond acceptors (Lipinski definition) is 5. The third-order valence-electron chi connectivity index (χ3n) is 3.77. The molecule has 1 aromatic carbocycles. The van der Waals surface area contributed by atoms with Crippen LogP contribution in [-0.4, -0.2) is 41.0 Å². The van der Waals surface area contributed by atoms with Gasteiger partial charge in [-0.15, -0.1) is 0 Å². The van der Waals surface area contributed by atoms with Gasteiger partial charge in [-0.05, 0) is 25.1 Å². The van der Waals surface area contributed by atoms with Gasteiger partial charge in [-0.25, -0.2) is 9.78 Å². The van der Waals surface area contributed by atoms with Crippen LogP contribution in [0.1, 0.15) is 32.6 Å². The molecule has 0 radical (unpaired) electrons. The minimum Gasteiger partial charge on any atom is -0.440 e. The number of anilines is 1. The largest absolute Gasteiger partial charge is 0.440 e. The standard InChI is InChI=1S/C16H20N4O3/c1-9(2)14-19-12-8-11(4-5-13(12)23-14)18-10(3)15(21)20-7-6-17-16(20)22/h4-5,8-10,18H,6-7H2,1-3H3,(H,17,22). The van der Waals surface area contributed by atoms with Crippen molar-refractivity contribution in [2.24, 2.45) is 0 Å². The van der Waals surface area contributed by atoms with Gasteiger partial charge in [0.15, 0.2) is 11.5 Å².